The van der Waals surface area contributed by atoms with Crippen LogP contribution < -0.4 is 20.1 Å². The van der Waals surface area contributed by atoms with Gasteiger partial charge in [0.2, 0.25) is 0 Å². The summed E-state index contributed by atoms with van der Waals surface area (Å²) < 4.78 is 24.2. The molecule has 2 aromatic carbocycles. The average molecular weight is 374 g/mol. The van der Waals surface area contributed by atoms with E-state index < -0.39 is 0 Å². The summed E-state index contributed by atoms with van der Waals surface area (Å²) in [5, 5.41) is 6.08. The third kappa shape index (κ3) is 7.17. The molecule has 0 radical (unpaired) electrons. The molecule has 0 saturated heterocycles. The lowest BCUT2D eigenvalue weighted by atomic mass is 10.1. The molecule has 0 aliphatic heterocycles. The predicted molar refractivity (Wildman–Crippen MR) is 105 cm³/mol. The zero-order valence-electron chi connectivity index (χ0n) is 16.3. The molecule has 0 bridgehead atoms. The van der Waals surface area contributed by atoms with Crippen molar-refractivity contribution in [3.8, 4) is 11.5 Å². The first-order valence-electron chi connectivity index (χ1n) is 8.96. The average Bonchev–Trinajstić information content (AvgIpc) is 2.59. The first-order chi connectivity index (χ1) is 12.8. The van der Waals surface area contributed by atoms with Crippen molar-refractivity contribution in [1.29, 1.82) is 0 Å². The van der Waals surface area contributed by atoms with Gasteiger partial charge in [0.15, 0.2) is 18.1 Å². The minimum atomic E-state index is -0.306. The molecule has 0 saturated carbocycles. The van der Waals surface area contributed by atoms with E-state index >= 15 is 0 Å². The van der Waals surface area contributed by atoms with Crippen LogP contribution in [-0.2, 0) is 11.3 Å². The van der Waals surface area contributed by atoms with Crippen LogP contribution in [-0.4, -0.2) is 24.7 Å². The number of hydrogen-bond acceptors (Lipinski definition) is 4. The highest BCUT2D eigenvalue weighted by Gasteiger charge is 2.15. The summed E-state index contributed by atoms with van der Waals surface area (Å²) in [6, 6.07) is 11.7. The van der Waals surface area contributed by atoms with Crippen molar-refractivity contribution in [2.45, 2.75) is 39.8 Å². The summed E-state index contributed by atoms with van der Waals surface area (Å²) >= 11 is 0. The lowest BCUT2D eigenvalue weighted by molar-refractivity contribution is -0.124. The lowest BCUT2D eigenvalue weighted by Crippen LogP contribution is -2.43. The summed E-state index contributed by atoms with van der Waals surface area (Å²) in [6.45, 7) is 8.60. The van der Waals surface area contributed by atoms with Crippen LogP contribution in [0.1, 0.15) is 33.3 Å². The van der Waals surface area contributed by atoms with E-state index in [1.54, 1.807) is 18.2 Å². The molecule has 6 heteroatoms. The Morgan fingerprint density at radius 2 is 1.74 bits per heavy atom. The highest BCUT2D eigenvalue weighted by atomic mass is 19.1. The number of ether oxygens (including phenoxy) is 2. The fraction of sp³-hybridized carbons (Fsp3) is 0.381. The number of amides is 1. The standard InChI is InChI=1S/C21H27FN2O3/c1-5-26-19-12-15(13-23-17-9-7-16(22)8-10-17)6-11-18(19)27-14-20(25)24-21(2,3)4/h6-12,23H,5,13-14H2,1-4H3,(H,24,25). The van der Waals surface area contributed by atoms with Gasteiger partial charge < -0.3 is 20.1 Å². The molecule has 146 valence electrons. The third-order valence-corrected chi connectivity index (χ3v) is 3.52. The second-order valence-corrected chi connectivity index (χ2v) is 7.16. The highest BCUT2D eigenvalue weighted by Crippen LogP contribution is 2.29. The number of halogens is 1. The van der Waals surface area contributed by atoms with Crippen molar-refractivity contribution < 1.29 is 18.7 Å². The zero-order valence-corrected chi connectivity index (χ0v) is 16.3. The summed E-state index contributed by atoms with van der Waals surface area (Å²) in [4.78, 5) is 11.9. The van der Waals surface area contributed by atoms with Gasteiger partial charge in [-0.3, -0.25) is 4.79 Å². The molecule has 0 spiro atoms. The van der Waals surface area contributed by atoms with Crippen LogP contribution in [0, 0.1) is 5.82 Å². The van der Waals surface area contributed by atoms with Crippen LogP contribution in [0.3, 0.4) is 0 Å². The Bertz CT molecular complexity index is 755. The third-order valence-electron chi connectivity index (χ3n) is 3.52. The van der Waals surface area contributed by atoms with E-state index in [0.29, 0.717) is 24.7 Å². The van der Waals surface area contributed by atoms with Crippen LogP contribution in [0.2, 0.25) is 0 Å². The predicted octanol–water partition coefficient (Wildman–Crippen LogP) is 4.13. The second kappa shape index (κ2) is 9.26. The van der Waals surface area contributed by atoms with Gasteiger partial charge >= 0.3 is 0 Å². The molecule has 0 aliphatic rings. The largest absolute Gasteiger partial charge is 0.490 e. The summed E-state index contributed by atoms with van der Waals surface area (Å²) in [7, 11) is 0. The Morgan fingerprint density at radius 1 is 1.04 bits per heavy atom. The molecule has 5 nitrogen and oxygen atoms in total. The molecule has 1 amide bonds. The van der Waals surface area contributed by atoms with Gasteiger partial charge in [-0.25, -0.2) is 4.39 Å². The quantitative estimate of drug-likeness (QED) is 0.729. The Hall–Kier alpha value is -2.76. The molecule has 0 unspecified atom stereocenters. The smallest absolute Gasteiger partial charge is 0.258 e. The Balaban J connectivity index is 2.00. The Morgan fingerprint density at radius 3 is 2.37 bits per heavy atom. The molecule has 0 aromatic heterocycles. The van der Waals surface area contributed by atoms with Gasteiger partial charge in [-0.15, -0.1) is 0 Å². The number of carbonyl (C=O) groups is 1. The molecule has 2 N–H and O–H groups in total. The summed E-state index contributed by atoms with van der Waals surface area (Å²) in [5.74, 6) is 0.647. The van der Waals surface area contributed by atoms with Crippen molar-refractivity contribution in [2.24, 2.45) is 0 Å². The van der Waals surface area contributed by atoms with Gasteiger partial charge in [-0.2, -0.15) is 0 Å². The van der Waals surface area contributed by atoms with Crippen molar-refractivity contribution in [1.82, 2.24) is 5.32 Å². The topological polar surface area (TPSA) is 59.6 Å². The number of anilines is 1. The molecular weight excluding hydrogens is 347 g/mol. The van der Waals surface area contributed by atoms with Gasteiger partial charge in [0.1, 0.15) is 5.82 Å². The van der Waals surface area contributed by atoms with Crippen molar-refractivity contribution in [3.05, 3.63) is 53.8 Å². The molecule has 2 aromatic rings. The maximum atomic E-state index is 13.0. The van der Waals surface area contributed by atoms with E-state index in [1.807, 2.05) is 39.8 Å². The number of nitrogens with one attached hydrogen (secondary N) is 2. The number of benzene rings is 2. The van der Waals surface area contributed by atoms with Gasteiger partial charge in [-0.05, 0) is 69.7 Å². The van der Waals surface area contributed by atoms with Gasteiger partial charge in [-0.1, -0.05) is 6.07 Å². The molecule has 0 aliphatic carbocycles. The molecule has 0 fully saturated rings. The monoisotopic (exact) mass is 374 g/mol. The van der Waals surface area contributed by atoms with E-state index in [1.165, 1.54) is 12.1 Å². The number of rotatable bonds is 8. The molecule has 0 atom stereocenters. The van der Waals surface area contributed by atoms with E-state index in [2.05, 4.69) is 10.6 Å². The number of hydrogen-bond donors (Lipinski definition) is 2. The van der Waals surface area contributed by atoms with Crippen LogP contribution in [0.25, 0.3) is 0 Å². The fourth-order valence-corrected chi connectivity index (χ4v) is 2.42. The SMILES string of the molecule is CCOc1cc(CNc2ccc(F)cc2)ccc1OCC(=O)NC(C)(C)C. The van der Waals surface area contributed by atoms with Crippen molar-refractivity contribution in [3.63, 3.8) is 0 Å². The Kier molecular flexibility index (Phi) is 7.05. The van der Waals surface area contributed by atoms with Crippen LogP contribution >= 0.6 is 0 Å². The minimum Gasteiger partial charge on any atom is -0.490 e. The maximum absolute atomic E-state index is 13.0. The second-order valence-electron chi connectivity index (χ2n) is 7.16. The van der Waals surface area contributed by atoms with Crippen molar-refractivity contribution >= 4 is 11.6 Å². The first-order valence-corrected chi connectivity index (χ1v) is 8.96. The fourth-order valence-electron chi connectivity index (χ4n) is 2.42. The van der Waals surface area contributed by atoms with E-state index in [0.717, 1.165) is 11.3 Å². The normalized spacial score (nSPS) is 11.0. The van der Waals surface area contributed by atoms with Crippen LogP contribution in [0.4, 0.5) is 10.1 Å². The van der Waals surface area contributed by atoms with E-state index in [9.17, 15) is 9.18 Å². The van der Waals surface area contributed by atoms with Crippen LogP contribution in [0.15, 0.2) is 42.5 Å². The maximum Gasteiger partial charge on any atom is 0.258 e. The van der Waals surface area contributed by atoms with Gasteiger partial charge in [0, 0.05) is 17.8 Å². The summed E-state index contributed by atoms with van der Waals surface area (Å²) in [6.07, 6.45) is 0. The molecule has 0 heterocycles. The van der Waals surface area contributed by atoms with E-state index in [-0.39, 0.29) is 23.9 Å². The van der Waals surface area contributed by atoms with Crippen LogP contribution in [0.5, 0.6) is 11.5 Å². The number of carbonyl (C=O) groups excluding carboxylic acids is 1. The van der Waals surface area contributed by atoms with Gasteiger partial charge in [0.05, 0.1) is 6.61 Å². The van der Waals surface area contributed by atoms with Gasteiger partial charge in [0.25, 0.3) is 5.91 Å². The molecule has 27 heavy (non-hydrogen) atoms. The van der Waals surface area contributed by atoms with Crippen molar-refractivity contribution in [2.75, 3.05) is 18.5 Å². The zero-order chi connectivity index (χ0) is 19.9. The molecular formula is C21H27FN2O3. The minimum absolute atomic E-state index is 0.0788. The Labute approximate surface area is 159 Å². The first kappa shape index (κ1) is 20.6. The van der Waals surface area contributed by atoms with E-state index in [4.69, 9.17) is 9.47 Å². The summed E-state index contributed by atoms with van der Waals surface area (Å²) in [5.41, 5.74) is 1.50. The highest BCUT2D eigenvalue weighted by molar-refractivity contribution is 5.78. The molecule has 2 rings (SSSR count). The lowest BCUT2D eigenvalue weighted by Gasteiger charge is -2.21.